The average molecular weight is 312 g/mol. The van der Waals surface area contributed by atoms with Crippen molar-refractivity contribution in [2.75, 3.05) is 13.1 Å². The fraction of sp³-hybridized carbons (Fsp3) is 0.278. The van der Waals surface area contributed by atoms with E-state index < -0.39 is 5.97 Å². The summed E-state index contributed by atoms with van der Waals surface area (Å²) < 4.78 is 0. The fourth-order valence-electron chi connectivity index (χ4n) is 2.47. The Labute approximate surface area is 135 Å². The van der Waals surface area contributed by atoms with Crippen LogP contribution in [0.3, 0.4) is 0 Å². The average Bonchev–Trinajstić information content (AvgIpc) is 2.56. The van der Waals surface area contributed by atoms with Crippen LogP contribution >= 0.6 is 0 Å². The van der Waals surface area contributed by atoms with Crippen molar-refractivity contribution in [2.45, 2.75) is 20.3 Å². The van der Waals surface area contributed by atoms with Gasteiger partial charge in [0.2, 0.25) is 0 Å². The van der Waals surface area contributed by atoms with E-state index in [1.54, 1.807) is 17.2 Å². The predicted molar refractivity (Wildman–Crippen MR) is 88.2 cm³/mol. The summed E-state index contributed by atoms with van der Waals surface area (Å²) in [7, 11) is 0. The summed E-state index contributed by atoms with van der Waals surface area (Å²) in [6.07, 6.45) is 1.66. The Hall–Kier alpha value is -2.69. The van der Waals surface area contributed by atoms with Crippen LogP contribution in [0.1, 0.15) is 29.3 Å². The highest BCUT2D eigenvalue weighted by atomic mass is 16.4. The van der Waals surface area contributed by atoms with Crippen LogP contribution in [0.5, 0.6) is 0 Å². The molecule has 0 atom stereocenters. The van der Waals surface area contributed by atoms with Gasteiger partial charge in [-0.2, -0.15) is 0 Å². The number of nitrogens with zero attached hydrogens (tertiary/aromatic N) is 2. The van der Waals surface area contributed by atoms with Crippen molar-refractivity contribution >= 4 is 11.9 Å². The molecule has 1 heterocycles. The van der Waals surface area contributed by atoms with Crippen LogP contribution in [0, 0.1) is 6.92 Å². The van der Waals surface area contributed by atoms with Gasteiger partial charge in [0.05, 0.1) is 12.1 Å². The Kier molecular flexibility index (Phi) is 5.46. The zero-order chi connectivity index (χ0) is 16.8. The van der Waals surface area contributed by atoms with Gasteiger partial charge in [0, 0.05) is 30.4 Å². The Balaban J connectivity index is 2.32. The first-order chi connectivity index (χ1) is 11.0. The number of carboxylic acid groups (broad SMARTS) is 1. The van der Waals surface area contributed by atoms with Gasteiger partial charge in [-0.25, -0.2) is 0 Å². The van der Waals surface area contributed by atoms with E-state index in [2.05, 4.69) is 4.98 Å². The molecule has 0 saturated carbocycles. The molecule has 1 amide bonds. The Morgan fingerprint density at radius 2 is 1.96 bits per heavy atom. The molecule has 2 rings (SSSR count). The first-order valence-corrected chi connectivity index (χ1v) is 7.56. The van der Waals surface area contributed by atoms with Crippen molar-refractivity contribution in [2.24, 2.45) is 0 Å². The molecule has 120 valence electrons. The molecular formula is C18H20N2O3. The zero-order valence-electron chi connectivity index (χ0n) is 13.3. The maximum absolute atomic E-state index is 12.7. The molecule has 5 heteroatoms. The number of benzene rings is 1. The number of amides is 1. The second kappa shape index (κ2) is 7.54. The van der Waals surface area contributed by atoms with E-state index >= 15 is 0 Å². The monoisotopic (exact) mass is 312 g/mol. The van der Waals surface area contributed by atoms with Crippen LogP contribution in [-0.4, -0.2) is 40.0 Å². The lowest BCUT2D eigenvalue weighted by Crippen LogP contribution is -2.33. The van der Waals surface area contributed by atoms with Crippen LogP contribution in [0.25, 0.3) is 11.3 Å². The standard InChI is InChI=1S/C18H20N2O3/c1-3-20(12-10-17(21)22)18(23)15-8-6-7-14(13(15)2)16-9-4-5-11-19-16/h4-9,11H,3,10,12H2,1-2H3,(H,21,22). The number of aliphatic carboxylic acids is 1. The summed E-state index contributed by atoms with van der Waals surface area (Å²) in [4.78, 5) is 29.3. The Bertz CT molecular complexity index is 699. The van der Waals surface area contributed by atoms with Crippen molar-refractivity contribution in [3.05, 3.63) is 53.7 Å². The van der Waals surface area contributed by atoms with Crippen LogP contribution in [0.2, 0.25) is 0 Å². The van der Waals surface area contributed by atoms with E-state index in [0.717, 1.165) is 16.8 Å². The molecule has 0 radical (unpaired) electrons. The van der Waals surface area contributed by atoms with Gasteiger partial charge >= 0.3 is 5.97 Å². The van der Waals surface area contributed by atoms with E-state index in [4.69, 9.17) is 5.11 Å². The first kappa shape index (κ1) is 16.7. The molecule has 1 aromatic heterocycles. The molecule has 0 unspecified atom stereocenters. The Morgan fingerprint density at radius 1 is 1.17 bits per heavy atom. The molecule has 0 aliphatic rings. The fourth-order valence-corrected chi connectivity index (χ4v) is 2.47. The molecule has 1 N–H and O–H groups in total. The van der Waals surface area contributed by atoms with Gasteiger partial charge in [0.1, 0.15) is 0 Å². The highest BCUT2D eigenvalue weighted by Crippen LogP contribution is 2.24. The number of hydrogen-bond donors (Lipinski definition) is 1. The van der Waals surface area contributed by atoms with E-state index in [-0.39, 0.29) is 18.9 Å². The highest BCUT2D eigenvalue weighted by Gasteiger charge is 2.19. The van der Waals surface area contributed by atoms with Gasteiger partial charge in [-0.05, 0) is 37.6 Å². The van der Waals surface area contributed by atoms with E-state index in [1.807, 2.05) is 44.2 Å². The molecule has 0 bridgehead atoms. The van der Waals surface area contributed by atoms with Gasteiger partial charge in [0.15, 0.2) is 0 Å². The van der Waals surface area contributed by atoms with Gasteiger partial charge in [0.25, 0.3) is 5.91 Å². The van der Waals surface area contributed by atoms with Gasteiger partial charge in [-0.1, -0.05) is 18.2 Å². The number of pyridine rings is 1. The van der Waals surface area contributed by atoms with E-state index in [0.29, 0.717) is 12.1 Å². The lowest BCUT2D eigenvalue weighted by Gasteiger charge is -2.21. The third-order valence-electron chi connectivity index (χ3n) is 3.77. The normalized spacial score (nSPS) is 10.3. The largest absolute Gasteiger partial charge is 0.481 e. The number of carbonyl (C=O) groups excluding carboxylic acids is 1. The second-order valence-electron chi connectivity index (χ2n) is 5.22. The summed E-state index contributed by atoms with van der Waals surface area (Å²) in [5, 5.41) is 8.81. The highest BCUT2D eigenvalue weighted by molar-refractivity contribution is 5.97. The maximum Gasteiger partial charge on any atom is 0.305 e. The van der Waals surface area contributed by atoms with Gasteiger partial charge < -0.3 is 10.0 Å². The quantitative estimate of drug-likeness (QED) is 0.890. The topological polar surface area (TPSA) is 70.5 Å². The van der Waals surface area contributed by atoms with Crippen molar-refractivity contribution < 1.29 is 14.7 Å². The van der Waals surface area contributed by atoms with Crippen molar-refractivity contribution in [1.29, 1.82) is 0 Å². The number of carbonyl (C=O) groups is 2. The molecule has 0 aliphatic heterocycles. The lowest BCUT2D eigenvalue weighted by molar-refractivity contribution is -0.137. The molecule has 0 fully saturated rings. The van der Waals surface area contributed by atoms with Crippen molar-refractivity contribution in [1.82, 2.24) is 9.88 Å². The second-order valence-corrected chi connectivity index (χ2v) is 5.22. The summed E-state index contributed by atoms with van der Waals surface area (Å²) in [6, 6.07) is 11.2. The maximum atomic E-state index is 12.7. The number of rotatable bonds is 6. The van der Waals surface area contributed by atoms with Crippen molar-refractivity contribution in [3.63, 3.8) is 0 Å². The van der Waals surface area contributed by atoms with Crippen LogP contribution < -0.4 is 0 Å². The molecule has 5 nitrogen and oxygen atoms in total. The summed E-state index contributed by atoms with van der Waals surface area (Å²) >= 11 is 0. The predicted octanol–water partition coefficient (Wildman–Crippen LogP) is 2.99. The molecule has 2 aromatic rings. The zero-order valence-corrected chi connectivity index (χ0v) is 13.3. The summed E-state index contributed by atoms with van der Waals surface area (Å²) in [6.45, 7) is 4.41. The van der Waals surface area contributed by atoms with Gasteiger partial charge in [-0.3, -0.25) is 14.6 Å². The van der Waals surface area contributed by atoms with Crippen molar-refractivity contribution in [3.8, 4) is 11.3 Å². The minimum absolute atomic E-state index is 0.0570. The van der Waals surface area contributed by atoms with E-state index in [1.165, 1.54) is 0 Å². The molecular weight excluding hydrogens is 292 g/mol. The summed E-state index contributed by atoms with van der Waals surface area (Å²) in [5.74, 6) is -1.06. The van der Waals surface area contributed by atoms with Crippen LogP contribution in [0.15, 0.2) is 42.6 Å². The van der Waals surface area contributed by atoms with E-state index in [9.17, 15) is 9.59 Å². The molecule has 0 saturated heterocycles. The van der Waals surface area contributed by atoms with Crippen LogP contribution in [0.4, 0.5) is 0 Å². The SMILES string of the molecule is CCN(CCC(=O)O)C(=O)c1cccc(-c2ccccn2)c1C. The smallest absolute Gasteiger partial charge is 0.305 e. The molecule has 23 heavy (non-hydrogen) atoms. The molecule has 0 aliphatic carbocycles. The number of aromatic nitrogens is 1. The minimum atomic E-state index is -0.907. The number of hydrogen-bond acceptors (Lipinski definition) is 3. The molecule has 0 spiro atoms. The third-order valence-corrected chi connectivity index (χ3v) is 3.77. The lowest BCUT2D eigenvalue weighted by atomic mass is 9.98. The first-order valence-electron chi connectivity index (χ1n) is 7.56. The third kappa shape index (κ3) is 3.94. The molecule has 1 aromatic carbocycles. The van der Waals surface area contributed by atoms with Crippen LogP contribution in [-0.2, 0) is 4.79 Å². The number of carboxylic acids is 1. The Morgan fingerprint density at radius 3 is 2.57 bits per heavy atom. The summed E-state index contributed by atoms with van der Waals surface area (Å²) in [5.41, 5.74) is 3.16. The minimum Gasteiger partial charge on any atom is -0.481 e. The van der Waals surface area contributed by atoms with Gasteiger partial charge in [-0.15, -0.1) is 0 Å².